The fourth-order valence-electron chi connectivity index (χ4n) is 5.27. The molecule has 0 radical (unpaired) electrons. The molecule has 0 spiro atoms. The van der Waals surface area contributed by atoms with Crippen molar-refractivity contribution in [2.24, 2.45) is 29.2 Å². The minimum atomic E-state index is -0.253. The molecule has 2 aliphatic carbocycles. The first-order valence-electron chi connectivity index (χ1n) is 9.71. The van der Waals surface area contributed by atoms with Crippen molar-refractivity contribution in [3.63, 3.8) is 0 Å². The van der Waals surface area contributed by atoms with Crippen LogP contribution in [0, 0.1) is 17.8 Å². The number of nitrogens with two attached hydrogens (primary N) is 2. The van der Waals surface area contributed by atoms with Crippen LogP contribution in [0.25, 0.3) is 0 Å². The van der Waals surface area contributed by atoms with Gasteiger partial charge in [0, 0.05) is 18.3 Å². The molecule has 5 atom stereocenters. The molecule has 5 unspecified atom stereocenters. The topological polar surface area (TPSA) is 101 Å². The highest BCUT2D eigenvalue weighted by molar-refractivity contribution is 5.93. The molecular formula is C20H28N4O2. The third-order valence-corrected chi connectivity index (χ3v) is 6.56. The lowest BCUT2D eigenvalue weighted by Gasteiger charge is -2.27. The van der Waals surface area contributed by atoms with E-state index in [0.717, 1.165) is 43.5 Å². The van der Waals surface area contributed by atoms with Gasteiger partial charge in [-0.3, -0.25) is 14.5 Å². The zero-order valence-corrected chi connectivity index (χ0v) is 15.1. The van der Waals surface area contributed by atoms with Gasteiger partial charge in [-0.15, -0.1) is 0 Å². The van der Waals surface area contributed by atoms with E-state index in [-0.39, 0.29) is 29.8 Å². The molecule has 2 amide bonds. The molecule has 26 heavy (non-hydrogen) atoms. The summed E-state index contributed by atoms with van der Waals surface area (Å²) in [7, 11) is 0. The maximum atomic E-state index is 12.7. The Morgan fingerprint density at radius 1 is 1.19 bits per heavy atom. The van der Waals surface area contributed by atoms with E-state index < -0.39 is 0 Å². The molecule has 6 nitrogen and oxygen atoms in total. The van der Waals surface area contributed by atoms with Gasteiger partial charge in [0.2, 0.25) is 11.8 Å². The standard InChI is InChI=1S/C20H28N4O2/c21-18-14-7-6-13(10-14)17(18)20(26)23-15-4-1-3-12(9-15)11-24-8-2-5-16(24)19(22)25/h1,3-4,9,13-14,16-18H,2,5-8,10-11,21H2,(H2,22,25)(H,23,26). The van der Waals surface area contributed by atoms with Crippen molar-refractivity contribution >= 4 is 17.5 Å². The van der Waals surface area contributed by atoms with Crippen LogP contribution in [-0.4, -0.2) is 35.3 Å². The van der Waals surface area contributed by atoms with E-state index >= 15 is 0 Å². The Bertz CT molecular complexity index is 705. The second-order valence-corrected chi connectivity index (χ2v) is 8.16. The smallest absolute Gasteiger partial charge is 0.234 e. The molecule has 1 saturated heterocycles. The number of fused-ring (bicyclic) bond motifs is 2. The van der Waals surface area contributed by atoms with E-state index in [1.807, 2.05) is 24.3 Å². The van der Waals surface area contributed by atoms with Crippen LogP contribution >= 0.6 is 0 Å². The maximum absolute atomic E-state index is 12.7. The summed E-state index contributed by atoms with van der Waals surface area (Å²) in [5, 5.41) is 3.07. The summed E-state index contributed by atoms with van der Waals surface area (Å²) in [6.45, 7) is 1.55. The van der Waals surface area contributed by atoms with Crippen molar-refractivity contribution in [1.82, 2.24) is 4.90 Å². The van der Waals surface area contributed by atoms with E-state index in [9.17, 15) is 9.59 Å². The fraction of sp³-hybridized carbons (Fsp3) is 0.600. The van der Waals surface area contributed by atoms with Gasteiger partial charge in [-0.1, -0.05) is 12.1 Å². The number of likely N-dealkylation sites (tertiary alicyclic amines) is 1. The van der Waals surface area contributed by atoms with Crippen LogP contribution in [0.2, 0.25) is 0 Å². The highest BCUT2D eigenvalue weighted by atomic mass is 16.2. The average molecular weight is 356 g/mol. The number of hydrogen-bond acceptors (Lipinski definition) is 4. The normalized spacial score (nSPS) is 33.5. The Balaban J connectivity index is 1.41. The second kappa shape index (κ2) is 7.00. The maximum Gasteiger partial charge on any atom is 0.234 e. The van der Waals surface area contributed by atoms with Gasteiger partial charge >= 0.3 is 0 Å². The molecule has 4 rings (SSSR count). The molecule has 0 aromatic heterocycles. The Labute approximate surface area is 154 Å². The number of nitrogens with one attached hydrogen (secondary N) is 1. The van der Waals surface area contributed by atoms with E-state index in [0.29, 0.717) is 18.4 Å². The van der Waals surface area contributed by atoms with Crippen molar-refractivity contribution in [3.05, 3.63) is 29.8 Å². The minimum Gasteiger partial charge on any atom is -0.368 e. The Hall–Kier alpha value is -1.92. The molecule has 1 aliphatic heterocycles. The lowest BCUT2D eigenvalue weighted by Crippen LogP contribution is -2.42. The van der Waals surface area contributed by atoms with Crippen LogP contribution < -0.4 is 16.8 Å². The lowest BCUT2D eigenvalue weighted by molar-refractivity contribution is -0.122. The quantitative estimate of drug-likeness (QED) is 0.743. The zero-order chi connectivity index (χ0) is 18.3. The minimum absolute atomic E-state index is 0.00198. The van der Waals surface area contributed by atoms with Crippen LogP contribution in [0.3, 0.4) is 0 Å². The van der Waals surface area contributed by atoms with Crippen molar-refractivity contribution in [2.75, 3.05) is 11.9 Å². The highest BCUT2D eigenvalue weighted by Gasteiger charge is 2.49. The number of amides is 2. The molecule has 1 aromatic rings. The first-order valence-corrected chi connectivity index (χ1v) is 9.71. The number of anilines is 1. The van der Waals surface area contributed by atoms with Crippen LogP contribution in [0.5, 0.6) is 0 Å². The molecule has 1 heterocycles. The van der Waals surface area contributed by atoms with Gasteiger partial charge in [0.1, 0.15) is 0 Å². The number of nitrogens with zero attached hydrogens (tertiary/aromatic N) is 1. The first-order chi connectivity index (χ1) is 12.5. The predicted octanol–water partition coefficient (Wildman–Crippen LogP) is 1.45. The Morgan fingerprint density at radius 3 is 2.73 bits per heavy atom. The van der Waals surface area contributed by atoms with Crippen molar-refractivity contribution in [2.45, 2.75) is 50.7 Å². The van der Waals surface area contributed by atoms with Gasteiger partial charge < -0.3 is 16.8 Å². The van der Waals surface area contributed by atoms with Crippen molar-refractivity contribution in [3.8, 4) is 0 Å². The van der Waals surface area contributed by atoms with E-state index in [1.54, 1.807) is 0 Å². The third kappa shape index (κ3) is 3.23. The number of hydrogen-bond donors (Lipinski definition) is 3. The SMILES string of the molecule is NC(=O)C1CCCN1Cc1cccc(NC(=O)C2C3CCC(C3)C2N)c1. The number of carbonyl (C=O) groups is 2. The van der Waals surface area contributed by atoms with Crippen LogP contribution in [0.15, 0.2) is 24.3 Å². The van der Waals surface area contributed by atoms with E-state index in [1.165, 1.54) is 6.42 Å². The van der Waals surface area contributed by atoms with Gasteiger partial charge in [0.15, 0.2) is 0 Å². The summed E-state index contributed by atoms with van der Waals surface area (Å²) in [4.78, 5) is 26.4. The summed E-state index contributed by atoms with van der Waals surface area (Å²) < 4.78 is 0. The summed E-state index contributed by atoms with van der Waals surface area (Å²) in [5.41, 5.74) is 13.7. The molecule has 140 valence electrons. The van der Waals surface area contributed by atoms with E-state index in [4.69, 9.17) is 11.5 Å². The van der Waals surface area contributed by atoms with Crippen LogP contribution in [0.4, 0.5) is 5.69 Å². The summed E-state index contributed by atoms with van der Waals surface area (Å²) >= 11 is 0. The zero-order valence-electron chi connectivity index (χ0n) is 15.1. The third-order valence-electron chi connectivity index (χ3n) is 6.56. The number of rotatable bonds is 5. The molecular weight excluding hydrogens is 328 g/mol. The summed E-state index contributed by atoms with van der Waals surface area (Å²) in [5.74, 6) is 0.701. The van der Waals surface area contributed by atoms with Crippen molar-refractivity contribution < 1.29 is 9.59 Å². The number of primary amides is 1. The van der Waals surface area contributed by atoms with Gasteiger partial charge in [-0.05, 0) is 68.2 Å². The number of carbonyl (C=O) groups excluding carboxylic acids is 2. The molecule has 3 fully saturated rings. The van der Waals surface area contributed by atoms with Crippen LogP contribution in [-0.2, 0) is 16.1 Å². The Morgan fingerprint density at radius 2 is 2.00 bits per heavy atom. The monoisotopic (exact) mass is 356 g/mol. The predicted molar refractivity (Wildman–Crippen MR) is 100.0 cm³/mol. The van der Waals surface area contributed by atoms with Gasteiger partial charge in [-0.25, -0.2) is 0 Å². The molecule has 5 N–H and O–H groups in total. The molecule has 1 aromatic carbocycles. The second-order valence-electron chi connectivity index (χ2n) is 8.16. The highest BCUT2D eigenvalue weighted by Crippen LogP contribution is 2.47. The van der Waals surface area contributed by atoms with Crippen LogP contribution in [0.1, 0.15) is 37.7 Å². The van der Waals surface area contributed by atoms with Gasteiger partial charge in [0.25, 0.3) is 0 Å². The van der Waals surface area contributed by atoms with Crippen molar-refractivity contribution in [1.29, 1.82) is 0 Å². The first kappa shape index (κ1) is 17.5. The Kier molecular flexibility index (Phi) is 4.71. The molecule has 2 bridgehead atoms. The van der Waals surface area contributed by atoms with Gasteiger partial charge in [0.05, 0.1) is 12.0 Å². The molecule has 3 aliphatic rings. The fourth-order valence-corrected chi connectivity index (χ4v) is 5.27. The lowest BCUT2D eigenvalue weighted by atomic mass is 9.84. The van der Waals surface area contributed by atoms with Gasteiger partial charge in [-0.2, -0.15) is 0 Å². The molecule has 2 saturated carbocycles. The largest absolute Gasteiger partial charge is 0.368 e. The number of benzene rings is 1. The van der Waals surface area contributed by atoms with E-state index in [2.05, 4.69) is 10.2 Å². The summed E-state index contributed by atoms with van der Waals surface area (Å²) in [6, 6.07) is 7.69. The average Bonchev–Trinajstić information content (AvgIpc) is 3.30. The molecule has 6 heteroatoms. The summed E-state index contributed by atoms with van der Waals surface area (Å²) in [6.07, 6.45) is 5.21.